The first-order chi connectivity index (χ1) is 20.9. The Bertz CT molecular complexity index is 1740. The fraction of sp³-hybridized carbons (Fsp3) is 0.314. The van der Waals surface area contributed by atoms with Crippen LogP contribution >= 0.6 is 0 Å². The second-order valence-corrected chi connectivity index (χ2v) is 12.3. The van der Waals surface area contributed by atoms with E-state index < -0.39 is 5.92 Å². The van der Waals surface area contributed by atoms with Gasteiger partial charge in [0.1, 0.15) is 0 Å². The van der Waals surface area contributed by atoms with Crippen molar-refractivity contribution in [2.24, 2.45) is 16.8 Å². The van der Waals surface area contributed by atoms with E-state index in [-0.39, 0.29) is 18.9 Å². The molecule has 1 saturated carbocycles. The highest BCUT2D eigenvalue weighted by atomic mass is 19.3. The minimum Gasteiger partial charge on any atom is -0.377 e. The maximum Gasteiger partial charge on any atom is 0.261 e. The number of rotatable bonds is 5. The molecular weight excluding hydrogens is 542 g/mol. The van der Waals surface area contributed by atoms with Gasteiger partial charge >= 0.3 is 0 Å². The Morgan fingerprint density at radius 2 is 2.02 bits per heavy atom. The number of benzene rings is 1. The molecular formula is C35H34F2N6. The quantitative estimate of drug-likeness (QED) is 0.427. The number of halogens is 2. The number of nitrogens with zero attached hydrogens (tertiary/aromatic N) is 4. The van der Waals surface area contributed by atoms with E-state index in [1.54, 1.807) is 6.20 Å². The van der Waals surface area contributed by atoms with Crippen LogP contribution in [0.1, 0.15) is 31.4 Å². The largest absolute Gasteiger partial charge is 0.377 e. The van der Waals surface area contributed by atoms with Gasteiger partial charge in [-0.25, -0.2) is 8.78 Å². The van der Waals surface area contributed by atoms with Gasteiger partial charge in [0.15, 0.2) is 0 Å². The van der Waals surface area contributed by atoms with Crippen LogP contribution in [0, 0.1) is 11.8 Å². The number of anilines is 1. The predicted molar refractivity (Wildman–Crippen MR) is 167 cm³/mol. The molecule has 1 aromatic heterocycles. The molecule has 5 aliphatic heterocycles. The molecule has 218 valence electrons. The van der Waals surface area contributed by atoms with Crippen molar-refractivity contribution in [3.63, 3.8) is 0 Å². The van der Waals surface area contributed by atoms with Crippen molar-refractivity contribution in [1.82, 2.24) is 20.1 Å². The van der Waals surface area contributed by atoms with Gasteiger partial charge in [0.05, 0.1) is 12.6 Å². The Hall–Kier alpha value is -4.30. The molecule has 2 aromatic rings. The fourth-order valence-corrected chi connectivity index (χ4v) is 7.16. The number of fused-ring (bicyclic) bond motifs is 3. The maximum absolute atomic E-state index is 13.8. The average Bonchev–Trinajstić information content (AvgIpc) is 3.30. The zero-order valence-corrected chi connectivity index (χ0v) is 24.3. The summed E-state index contributed by atoms with van der Waals surface area (Å²) in [5.74, 6) is -2.05. The Morgan fingerprint density at radius 1 is 1.12 bits per heavy atom. The molecule has 1 saturated heterocycles. The lowest BCUT2D eigenvalue weighted by Crippen LogP contribution is -2.24. The predicted octanol–water partition coefficient (Wildman–Crippen LogP) is 6.48. The van der Waals surface area contributed by atoms with Crippen molar-refractivity contribution in [2.45, 2.75) is 38.8 Å². The summed E-state index contributed by atoms with van der Waals surface area (Å²) < 4.78 is 27.6. The van der Waals surface area contributed by atoms with Crippen LogP contribution in [0.4, 0.5) is 14.5 Å². The summed E-state index contributed by atoms with van der Waals surface area (Å²) in [5.41, 5.74) is 12.6. The van der Waals surface area contributed by atoms with Gasteiger partial charge in [-0.2, -0.15) is 0 Å². The van der Waals surface area contributed by atoms with E-state index >= 15 is 0 Å². The number of alkyl halides is 2. The van der Waals surface area contributed by atoms with Crippen LogP contribution in [0.15, 0.2) is 107 Å². The number of allylic oxidation sites excluding steroid dienone is 5. The van der Waals surface area contributed by atoms with E-state index in [2.05, 4.69) is 94.1 Å². The van der Waals surface area contributed by atoms with Crippen molar-refractivity contribution >= 4 is 17.5 Å². The molecule has 6 heterocycles. The zero-order valence-electron chi connectivity index (χ0n) is 24.3. The first-order valence-electron chi connectivity index (χ1n) is 15.2. The average molecular weight is 577 g/mol. The molecule has 3 atom stereocenters. The SMILES string of the molecule is CCN1C=CC=CC1=C1C=NC=C2NC(C3=C4C(Nc5ccc(-c6cncc(CN7CCC(F)(F)C7)c6)cc53)[C@@H]4C)=CC21. The van der Waals surface area contributed by atoms with Crippen LogP contribution in [0.2, 0.25) is 0 Å². The Labute approximate surface area is 250 Å². The first-order valence-corrected chi connectivity index (χ1v) is 15.2. The molecule has 2 N–H and O–H groups in total. The highest BCUT2D eigenvalue weighted by molar-refractivity contribution is 5.97. The Morgan fingerprint density at radius 3 is 2.86 bits per heavy atom. The van der Waals surface area contributed by atoms with Crippen LogP contribution in [-0.2, 0) is 6.54 Å². The molecule has 6 nitrogen and oxygen atoms in total. The first kappa shape index (κ1) is 26.3. The molecule has 1 aromatic carbocycles. The number of likely N-dealkylation sites (tertiary alicyclic amines) is 1. The third-order valence-electron chi connectivity index (χ3n) is 9.44. The van der Waals surface area contributed by atoms with Gasteiger partial charge in [-0.3, -0.25) is 14.9 Å². The van der Waals surface area contributed by atoms with E-state index in [1.807, 2.05) is 23.5 Å². The number of nitrogens with one attached hydrogen (secondary N) is 2. The van der Waals surface area contributed by atoms with E-state index in [0.29, 0.717) is 25.0 Å². The summed E-state index contributed by atoms with van der Waals surface area (Å²) >= 11 is 0. The summed E-state index contributed by atoms with van der Waals surface area (Å²) in [6.07, 6.45) is 18.3. The molecule has 0 spiro atoms. The van der Waals surface area contributed by atoms with Gasteiger partial charge in [-0.1, -0.05) is 19.1 Å². The highest BCUT2D eigenvalue weighted by Crippen LogP contribution is 2.54. The van der Waals surface area contributed by atoms with Crippen LogP contribution < -0.4 is 10.6 Å². The number of hydrogen-bond acceptors (Lipinski definition) is 6. The second-order valence-electron chi connectivity index (χ2n) is 12.3. The summed E-state index contributed by atoms with van der Waals surface area (Å²) in [6.45, 7) is 6.03. The molecule has 0 amide bonds. The van der Waals surface area contributed by atoms with Crippen molar-refractivity contribution in [1.29, 1.82) is 0 Å². The van der Waals surface area contributed by atoms with Crippen LogP contribution in [-0.4, -0.2) is 52.6 Å². The second kappa shape index (κ2) is 9.88. The van der Waals surface area contributed by atoms with E-state index in [4.69, 9.17) is 0 Å². The fourth-order valence-electron chi connectivity index (χ4n) is 7.16. The smallest absolute Gasteiger partial charge is 0.261 e. The minimum absolute atomic E-state index is 0.0776. The van der Waals surface area contributed by atoms with Crippen molar-refractivity contribution in [3.05, 3.63) is 113 Å². The topological polar surface area (TPSA) is 55.8 Å². The van der Waals surface area contributed by atoms with Gasteiger partial charge in [-0.05, 0) is 60.1 Å². The molecule has 2 fully saturated rings. The van der Waals surface area contributed by atoms with Crippen molar-refractivity contribution in [2.75, 3.05) is 25.0 Å². The molecule has 8 heteroatoms. The van der Waals surface area contributed by atoms with E-state index in [9.17, 15) is 8.78 Å². The van der Waals surface area contributed by atoms with Gasteiger partial charge in [0, 0.05) is 114 Å². The van der Waals surface area contributed by atoms with Gasteiger partial charge in [0.25, 0.3) is 5.92 Å². The lowest BCUT2D eigenvalue weighted by Gasteiger charge is -2.27. The Kier molecular flexibility index (Phi) is 6.05. The molecule has 0 radical (unpaired) electrons. The van der Waals surface area contributed by atoms with Crippen molar-refractivity contribution < 1.29 is 8.78 Å². The number of pyridine rings is 1. The molecule has 8 rings (SSSR count). The van der Waals surface area contributed by atoms with E-state index in [0.717, 1.165) is 40.3 Å². The van der Waals surface area contributed by atoms with Gasteiger partial charge < -0.3 is 15.5 Å². The number of aromatic nitrogens is 1. The third kappa shape index (κ3) is 4.56. The molecule has 43 heavy (non-hydrogen) atoms. The van der Waals surface area contributed by atoms with Crippen LogP contribution in [0.25, 0.3) is 16.7 Å². The summed E-state index contributed by atoms with van der Waals surface area (Å²) in [7, 11) is 0. The maximum atomic E-state index is 13.8. The molecule has 6 aliphatic rings. The van der Waals surface area contributed by atoms with E-state index in [1.165, 1.54) is 28.0 Å². The van der Waals surface area contributed by atoms with Crippen LogP contribution in [0.3, 0.4) is 0 Å². The normalized spacial score (nSPS) is 28.2. The molecule has 2 unspecified atom stereocenters. The number of likely N-dealkylation sites (N-methyl/N-ethyl adjacent to an activating group) is 1. The third-order valence-corrected chi connectivity index (χ3v) is 9.44. The highest BCUT2D eigenvalue weighted by Gasteiger charge is 2.48. The lowest BCUT2D eigenvalue weighted by molar-refractivity contribution is 0.0115. The van der Waals surface area contributed by atoms with Gasteiger partial charge in [0.2, 0.25) is 0 Å². The molecule has 0 bridgehead atoms. The zero-order chi connectivity index (χ0) is 29.3. The summed E-state index contributed by atoms with van der Waals surface area (Å²) in [6, 6.07) is 8.97. The lowest BCUT2D eigenvalue weighted by atomic mass is 9.91. The Balaban J connectivity index is 1.14. The summed E-state index contributed by atoms with van der Waals surface area (Å²) in [4.78, 5) is 13.2. The van der Waals surface area contributed by atoms with Gasteiger partial charge in [-0.15, -0.1) is 0 Å². The molecule has 1 aliphatic carbocycles. The monoisotopic (exact) mass is 576 g/mol. The number of hydrogen-bond donors (Lipinski definition) is 2. The standard InChI is InChI=1S/C35H34F2N6/c1-3-43-10-5-4-6-31(43)27-17-39-18-30-25(27)14-29(40-30)33-26-13-23(7-8-28(26)41-34-21(2)32(33)34)24-12-22(15-38-16-24)19-42-11-9-35(36,37)20-42/h4-8,10,12-18,21,25,34,40-41H,3,9,11,19-20H2,1-2H3/t21-,25?,34?/m1/s1. The van der Waals surface area contributed by atoms with Crippen molar-refractivity contribution in [3.8, 4) is 11.1 Å². The minimum atomic E-state index is -2.60. The van der Waals surface area contributed by atoms with Crippen LogP contribution in [0.5, 0.6) is 0 Å². The summed E-state index contributed by atoms with van der Waals surface area (Å²) in [5, 5.41) is 7.49. The number of aliphatic imine (C=N–C) groups is 1.